The summed E-state index contributed by atoms with van der Waals surface area (Å²) in [5.41, 5.74) is 4.02. The van der Waals surface area contributed by atoms with E-state index in [1.807, 2.05) is 27.9 Å². The zero-order valence-corrected chi connectivity index (χ0v) is 14.3. The average molecular weight is 459 g/mol. The molecule has 0 unspecified atom stereocenters. The van der Waals surface area contributed by atoms with Crippen LogP contribution < -0.4 is 16.4 Å². The lowest BCUT2D eigenvalue weighted by Gasteiger charge is -2.10. The number of aromatic nitrogens is 4. The van der Waals surface area contributed by atoms with Gasteiger partial charge in [0.1, 0.15) is 27.4 Å². The number of hydrogen-bond donors (Lipinski definition) is 4. The lowest BCUT2D eigenvalue weighted by molar-refractivity contribution is 0.0996. The van der Waals surface area contributed by atoms with Crippen molar-refractivity contribution in [2.24, 2.45) is 5.73 Å². The number of hydrogen-bond acceptors (Lipinski definition) is 5. The number of nitrogens with one attached hydrogen (secondary N) is 3. The Morgan fingerprint density at radius 3 is 2.68 bits per heavy atom. The van der Waals surface area contributed by atoms with Gasteiger partial charge in [0, 0.05) is 0 Å². The molecule has 0 fully saturated rings. The van der Waals surface area contributed by atoms with Gasteiger partial charge in [-0.15, -0.1) is 0 Å². The van der Waals surface area contributed by atoms with Crippen LogP contribution in [0.15, 0.2) is 18.5 Å². The minimum absolute atomic E-state index is 0.0903. The third kappa shape index (κ3) is 3.19. The molecular formula is C13H8F2IN7O2. The van der Waals surface area contributed by atoms with Gasteiger partial charge >= 0.3 is 6.03 Å². The molecule has 0 radical (unpaired) electrons. The van der Waals surface area contributed by atoms with E-state index in [2.05, 4.69) is 25.5 Å². The Labute approximate surface area is 151 Å². The van der Waals surface area contributed by atoms with E-state index in [4.69, 9.17) is 5.73 Å². The van der Waals surface area contributed by atoms with Gasteiger partial charge in [-0.2, -0.15) is 5.10 Å². The van der Waals surface area contributed by atoms with E-state index in [9.17, 15) is 18.4 Å². The standard InChI is InChI=1S/C13H8F2IN7O2/c14-5-2-1-4(10(17)24)7(15)8(5)20-13(25)21-11-6-9(16)22-23-12(6)19-3-18-11/h1-3H,(H2,17,24)(H3,18,19,20,21,22,23,25). The first-order valence-corrected chi connectivity index (χ1v) is 7.66. The average Bonchev–Trinajstić information content (AvgIpc) is 2.93. The number of anilines is 2. The van der Waals surface area contributed by atoms with Crippen LogP contribution in [0, 0.1) is 15.3 Å². The number of nitrogens with zero attached hydrogens (tertiary/aromatic N) is 3. The molecule has 0 saturated heterocycles. The maximum Gasteiger partial charge on any atom is 0.325 e. The Morgan fingerprint density at radius 2 is 1.96 bits per heavy atom. The van der Waals surface area contributed by atoms with E-state index < -0.39 is 34.8 Å². The molecule has 5 N–H and O–H groups in total. The number of halogens is 3. The fourth-order valence-corrected chi connectivity index (χ4v) is 2.66. The minimum Gasteiger partial charge on any atom is -0.366 e. The smallest absolute Gasteiger partial charge is 0.325 e. The van der Waals surface area contributed by atoms with Gasteiger partial charge in [-0.1, -0.05) is 0 Å². The third-order valence-electron chi connectivity index (χ3n) is 3.14. The molecule has 0 aliphatic carbocycles. The van der Waals surface area contributed by atoms with Gasteiger partial charge in [0.25, 0.3) is 5.91 Å². The van der Waals surface area contributed by atoms with Crippen LogP contribution in [0.5, 0.6) is 0 Å². The summed E-state index contributed by atoms with van der Waals surface area (Å²) in [5, 5.41) is 11.3. The number of fused-ring (bicyclic) bond motifs is 1. The molecule has 3 rings (SSSR count). The number of primary amides is 1. The number of rotatable bonds is 3. The number of urea groups is 1. The topological polar surface area (TPSA) is 139 Å². The Balaban J connectivity index is 1.89. The van der Waals surface area contributed by atoms with E-state index >= 15 is 0 Å². The van der Waals surface area contributed by atoms with Crippen molar-refractivity contribution in [1.29, 1.82) is 0 Å². The first kappa shape index (κ1) is 16.9. The van der Waals surface area contributed by atoms with Gasteiger partial charge in [0.2, 0.25) is 0 Å². The van der Waals surface area contributed by atoms with Crippen LogP contribution in [0.2, 0.25) is 0 Å². The summed E-state index contributed by atoms with van der Waals surface area (Å²) in [7, 11) is 0. The van der Waals surface area contributed by atoms with Gasteiger partial charge in [-0.3, -0.25) is 15.2 Å². The van der Waals surface area contributed by atoms with Crippen LogP contribution in [-0.4, -0.2) is 32.1 Å². The normalized spacial score (nSPS) is 10.7. The number of H-pyrrole nitrogens is 1. The Kier molecular flexibility index (Phi) is 4.43. The van der Waals surface area contributed by atoms with Crippen molar-refractivity contribution in [3.05, 3.63) is 39.4 Å². The SMILES string of the molecule is NC(=O)c1ccc(F)c(NC(=O)Nc2ncnc3[nH]nc(I)c23)c1F. The second kappa shape index (κ2) is 6.54. The Bertz CT molecular complexity index is 1010. The zero-order chi connectivity index (χ0) is 18.1. The summed E-state index contributed by atoms with van der Waals surface area (Å²) in [6.07, 6.45) is 1.18. The molecule has 0 saturated carbocycles. The lowest BCUT2D eigenvalue weighted by atomic mass is 10.1. The van der Waals surface area contributed by atoms with Crippen molar-refractivity contribution >= 4 is 57.1 Å². The first-order valence-electron chi connectivity index (χ1n) is 6.59. The maximum atomic E-state index is 14.1. The van der Waals surface area contributed by atoms with E-state index in [0.717, 1.165) is 12.1 Å². The highest BCUT2D eigenvalue weighted by Gasteiger charge is 2.20. The molecule has 1 aromatic carbocycles. The molecule has 2 heterocycles. The minimum atomic E-state index is -1.27. The molecule has 0 aliphatic heterocycles. The number of benzene rings is 1. The number of carbonyl (C=O) groups excluding carboxylic acids is 2. The number of amides is 3. The van der Waals surface area contributed by atoms with Crippen molar-refractivity contribution in [3.63, 3.8) is 0 Å². The van der Waals surface area contributed by atoms with Crippen LogP contribution >= 0.6 is 22.6 Å². The highest BCUT2D eigenvalue weighted by Crippen LogP contribution is 2.24. The van der Waals surface area contributed by atoms with Crippen molar-refractivity contribution in [2.45, 2.75) is 0 Å². The molecule has 25 heavy (non-hydrogen) atoms. The van der Waals surface area contributed by atoms with Crippen LogP contribution in [0.4, 0.5) is 25.1 Å². The number of carbonyl (C=O) groups is 2. The maximum absolute atomic E-state index is 14.1. The molecular weight excluding hydrogens is 451 g/mol. The van der Waals surface area contributed by atoms with Crippen LogP contribution in [0.3, 0.4) is 0 Å². The third-order valence-corrected chi connectivity index (χ3v) is 3.92. The second-order valence-electron chi connectivity index (χ2n) is 4.69. The van der Waals surface area contributed by atoms with Crippen molar-refractivity contribution in [1.82, 2.24) is 20.2 Å². The number of nitrogens with two attached hydrogens (primary N) is 1. The monoisotopic (exact) mass is 459 g/mol. The molecule has 0 bridgehead atoms. The molecule has 3 amide bonds. The fourth-order valence-electron chi connectivity index (χ4n) is 2.03. The predicted octanol–water partition coefficient (Wildman–Crippen LogP) is 1.98. The summed E-state index contributed by atoms with van der Waals surface area (Å²) in [5.74, 6) is -3.34. The summed E-state index contributed by atoms with van der Waals surface area (Å²) >= 11 is 1.91. The van der Waals surface area contributed by atoms with Gasteiger partial charge < -0.3 is 11.1 Å². The second-order valence-corrected chi connectivity index (χ2v) is 5.71. The molecule has 3 aromatic rings. The van der Waals surface area contributed by atoms with Crippen LogP contribution in [0.25, 0.3) is 11.0 Å². The Hall–Kier alpha value is -2.90. The van der Waals surface area contributed by atoms with Crippen molar-refractivity contribution < 1.29 is 18.4 Å². The molecule has 0 aliphatic rings. The van der Waals surface area contributed by atoms with E-state index in [1.165, 1.54) is 6.33 Å². The largest absolute Gasteiger partial charge is 0.366 e. The summed E-state index contributed by atoms with van der Waals surface area (Å²) in [4.78, 5) is 31.0. The van der Waals surface area contributed by atoms with E-state index in [-0.39, 0.29) is 5.82 Å². The molecule has 12 heteroatoms. The van der Waals surface area contributed by atoms with Crippen LogP contribution in [0.1, 0.15) is 10.4 Å². The lowest BCUT2D eigenvalue weighted by Crippen LogP contribution is -2.23. The molecule has 128 valence electrons. The van der Waals surface area contributed by atoms with E-state index in [0.29, 0.717) is 14.7 Å². The highest BCUT2D eigenvalue weighted by atomic mass is 127. The molecule has 0 spiro atoms. The predicted molar refractivity (Wildman–Crippen MR) is 91.9 cm³/mol. The quantitative estimate of drug-likeness (QED) is 0.444. The van der Waals surface area contributed by atoms with Crippen molar-refractivity contribution in [2.75, 3.05) is 10.6 Å². The fraction of sp³-hybridized carbons (Fsp3) is 0. The number of aromatic amines is 1. The Morgan fingerprint density at radius 1 is 1.20 bits per heavy atom. The summed E-state index contributed by atoms with van der Waals surface area (Å²) < 4.78 is 28.4. The molecule has 2 aromatic heterocycles. The highest BCUT2D eigenvalue weighted by molar-refractivity contribution is 14.1. The van der Waals surface area contributed by atoms with E-state index in [1.54, 1.807) is 0 Å². The van der Waals surface area contributed by atoms with Crippen molar-refractivity contribution in [3.8, 4) is 0 Å². The van der Waals surface area contributed by atoms with Gasteiger partial charge in [-0.25, -0.2) is 23.5 Å². The zero-order valence-electron chi connectivity index (χ0n) is 12.1. The molecule has 0 atom stereocenters. The van der Waals surface area contributed by atoms with Gasteiger partial charge in [0.05, 0.1) is 10.9 Å². The van der Waals surface area contributed by atoms with Gasteiger partial charge in [-0.05, 0) is 34.7 Å². The summed E-state index contributed by atoms with van der Waals surface area (Å²) in [6.45, 7) is 0. The molecule has 9 nitrogen and oxygen atoms in total. The van der Waals surface area contributed by atoms with Crippen LogP contribution in [-0.2, 0) is 0 Å². The first-order chi connectivity index (χ1) is 11.9. The summed E-state index contributed by atoms with van der Waals surface area (Å²) in [6, 6.07) is 0.731. The van der Waals surface area contributed by atoms with Gasteiger partial charge in [0.15, 0.2) is 11.5 Å².